The molecule has 14 nitrogen and oxygen atoms in total. The number of primary amides is 1. The second-order valence-electron chi connectivity index (χ2n) is 13.4. The zero-order valence-corrected chi connectivity index (χ0v) is 31.1. The Balaban J connectivity index is 5.10. The molecule has 50 heavy (non-hydrogen) atoms. The van der Waals surface area contributed by atoms with E-state index in [4.69, 9.17) is 28.7 Å². The molecule has 4 atom stereocenters. The molecule has 0 bridgehead atoms. The number of rotatable bonds is 34. The fraction of sp³-hybridized carbons (Fsp3) is 0.861. The first-order chi connectivity index (χ1) is 24.1. The van der Waals surface area contributed by atoms with E-state index < -0.39 is 47.8 Å². The van der Waals surface area contributed by atoms with Gasteiger partial charge in [-0.15, -0.1) is 0 Å². The normalized spacial score (nSPS) is 13.5. The van der Waals surface area contributed by atoms with Crippen LogP contribution in [0.15, 0.2) is 0 Å². The van der Waals surface area contributed by atoms with Gasteiger partial charge in [-0.2, -0.15) is 0 Å². The van der Waals surface area contributed by atoms with Gasteiger partial charge in [0.25, 0.3) is 0 Å². The van der Waals surface area contributed by atoms with E-state index >= 15 is 0 Å². The maximum atomic E-state index is 13.5. The molecule has 0 aromatic rings. The van der Waals surface area contributed by atoms with Crippen molar-refractivity contribution in [3.05, 3.63) is 0 Å². The summed E-state index contributed by atoms with van der Waals surface area (Å²) in [5.74, 6) is -2.60. The Morgan fingerprint density at radius 3 is 1.06 bits per heavy atom. The van der Waals surface area contributed by atoms with E-state index in [0.717, 1.165) is 19.3 Å². The van der Waals surface area contributed by atoms with Gasteiger partial charge < -0.3 is 49.9 Å². The van der Waals surface area contributed by atoms with Crippen molar-refractivity contribution in [3.8, 4) is 0 Å². The Kier molecular flexibility index (Phi) is 30.3. The Hall–Kier alpha value is -2.81. The van der Waals surface area contributed by atoms with Crippen molar-refractivity contribution in [1.29, 1.82) is 0 Å². The predicted molar refractivity (Wildman–Crippen MR) is 200 cm³/mol. The van der Waals surface area contributed by atoms with Crippen molar-refractivity contribution in [3.63, 3.8) is 0 Å². The maximum absolute atomic E-state index is 13.5. The molecule has 14 heteroatoms. The number of nitrogens with two attached hydrogens (primary N) is 5. The minimum Gasteiger partial charge on any atom is -0.368 e. The Morgan fingerprint density at radius 1 is 0.420 bits per heavy atom. The van der Waals surface area contributed by atoms with Crippen LogP contribution in [0.2, 0.25) is 0 Å². The molecule has 0 rings (SSSR count). The minimum absolute atomic E-state index is 0.211. The van der Waals surface area contributed by atoms with Crippen LogP contribution in [-0.2, 0) is 24.0 Å². The van der Waals surface area contributed by atoms with Crippen LogP contribution >= 0.6 is 0 Å². The predicted octanol–water partition coefficient (Wildman–Crippen LogP) is 1.85. The smallest absolute Gasteiger partial charge is 0.243 e. The lowest BCUT2D eigenvalue weighted by Crippen LogP contribution is -2.58. The SMILES string of the molecule is CCCCCCCCCCCCCCCC(=O)NC(CCCN)C(=O)NC(CCCN)C(=O)NC(CCCN)C(=O)NC(CCCN)C(N)=O. The number of carbonyl (C=O) groups excluding carboxylic acids is 5. The highest BCUT2D eigenvalue weighted by molar-refractivity contribution is 5.95. The summed E-state index contributed by atoms with van der Waals surface area (Å²) in [7, 11) is 0. The summed E-state index contributed by atoms with van der Waals surface area (Å²) >= 11 is 0. The Bertz CT molecular complexity index is 924. The van der Waals surface area contributed by atoms with Gasteiger partial charge in [0.05, 0.1) is 0 Å². The molecule has 0 aromatic heterocycles. The van der Waals surface area contributed by atoms with E-state index in [0.29, 0.717) is 51.6 Å². The summed E-state index contributed by atoms with van der Waals surface area (Å²) in [6, 6.07) is -3.84. The lowest BCUT2D eigenvalue weighted by atomic mass is 10.0. The van der Waals surface area contributed by atoms with Crippen molar-refractivity contribution in [2.45, 2.75) is 172 Å². The third-order valence-corrected chi connectivity index (χ3v) is 8.87. The van der Waals surface area contributed by atoms with Gasteiger partial charge in [0.2, 0.25) is 29.5 Å². The quantitative estimate of drug-likeness (QED) is 0.0440. The van der Waals surface area contributed by atoms with Crippen LogP contribution in [0.25, 0.3) is 0 Å². The molecule has 0 aliphatic carbocycles. The molecule has 0 saturated carbocycles. The lowest BCUT2D eigenvalue weighted by molar-refractivity contribution is -0.134. The molecule has 0 aliphatic heterocycles. The maximum Gasteiger partial charge on any atom is 0.243 e. The van der Waals surface area contributed by atoms with Crippen molar-refractivity contribution in [1.82, 2.24) is 21.3 Å². The van der Waals surface area contributed by atoms with Crippen LogP contribution in [0.3, 0.4) is 0 Å². The van der Waals surface area contributed by atoms with Gasteiger partial charge in [0, 0.05) is 6.42 Å². The van der Waals surface area contributed by atoms with Crippen molar-refractivity contribution in [2.75, 3.05) is 26.2 Å². The average Bonchev–Trinajstić information content (AvgIpc) is 3.09. The highest BCUT2D eigenvalue weighted by Crippen LogP contribution is 2.13. The number of hydrogen-bond donors (Lipinski definition) is 9. The van der Waals surface area contributed by atoms with Crippen LogP contribution < -0.4 is 49.9 Å². The highest BCUT2D eigenvalue weighted by atomic mass is 16.2. The van der Waals surface area contributed by atoms with Crippen LogP contribution in [0, 0.1) is 0 Å². The van der Waals surface area contributed by atoms with E-state index in [1.165, 1.54) is 64.2 Å². The van der Waals surface area contributed by atoms with Gasteiger partial charge in [-0.25, -0.2) is 0 Å². The van der Waals surface area contributed by atoms with Crippen molar-refractivity contribution < 1.29 is 24.0 Å². The number of carbonyl (C=O) groups is 5. The van der Waals surface area contributed by atoms with Crippen LogP contribution in [0.5, 0.6) is 0 Å². The fourth-order valence-electron chi connectivity index (χ4n) is 5.77. The summed E-state index contributed by atoms with van der Waals surface area (Å²) in [4.78, 5) is 64.7. The number of hydrogen-bond acceptors (Lipinski definition) is 9. The van der Waals surface area contributed by atoms with Gasteiger partial charge in [-0.05, 0) is 84.0 Å². The van der Waals surface area contributed by atoms with Crippen LogP contribution in [-0.4, -0.2) is 79.9 Å². The summed E-state index contributed by atoms with van der Waals surface area (Å²) in [6.07, 6.45) is 18.9. The molecule has 0 radical (unpaired) electrons. The summed E-state index contributed by atoms with van der Waals surface area (Å²) in [6.45, 7) is 3.46. The summed E-state index contributed by atoms with van der Waals surface area (Å²) < 4.78 is 0. The third kappa shape index (κ3) is 24.4. The topological polar surface area (TPSA) is 264 Å². The van der Waals surface area contributed by atoms with E-state index in [-0.39, 0.29) is 38.3 Å². The van der Waals surface area contributed by atoms with Gasteiger partial charge in [-0.1, -0.05) is 84.0 Å². The fourth-order valence-corrected chi connectivity index (χ4v) is 5.77. The second-order valence-corrected chi connectivity index (χ2v) is 13.4. The zero-order chi connectivity index (χ0) is 37.4. The standard InChI is InChI=1S/C36H73N9O5/c1-2-3-4-5-6-7-8-9-10-11-12-13-14-23-32(46)42-29(20-16-25-38)34(48)44-31(22-18-27-40)36(50)45-30(21-17-26-39)35(49)43-28(33(41)47)19-15-24-37/h28-31H,2-27,37-40H2,1H3,(H2,41,47)(H,42,46)(H,43,49)(H,44,48)(H,45,50). The van der Waals surface area contributed by atoms with Gasteiger partial charge >= 0.3 is 0 Å². The van der Waals surface area contributed by atoms with Crippen LogP contribution in [0.1, 0.15) is 148 Å². The average molecular weight is 712 g/mol. The van der Waals surface area contributed by atoms with E-state index in [2.05, 4.69) is 28.2 Å². The molecule has 0 aliphatic rings. The second kappa shape index (κ2) is 32.1. The highest BCUT2D eigenvalue weighted by Gasteiger charge is 2.30. The number of nitrogens with one attached hydrogen (secondary N) is 4. The van der Waals surface area contributed by atoms with E-state index in [1.807, 2.05) is 0 Å². The van der Waals surface area contributed by atoms with E-state index in [9.17, 15) is 24.0 Å². The molecule has 4 unspecified atom stereocenters. The summed E-state index contributed by atoms with van der Waals surface area (Å²) in [5, 5.41) is 10.9. The Morgan fingerprint density at radius 2 is 0.720 bits per heavy atom. The molecule has 292 valence electrons. The molecular formula is C36H73N9O5. The van der Waals surface area contributed by atoms with Gasteiger partial charge in [-0.3, -0.25) is 24.0 Å². The molecule has 0 saturated heterocycles. The first kappa shape index (κ1) is 47.2. The molecular weight excluding hydrogens is 638 g/mol. The third-order valence-electron chi connectivity index (χ3n) is 8.87. The summed E-state index contributed by atoms with van der Waals surface area (Å²) in [5.41, 5.74) is 28.1. The van der Waals surface area contributed by atoms with Gasteiger partial charge in [0.15, 0.2) is 0 Å². The van der Waals surface area contributed by atoms with Crippen molar-refractivity contribution >= 4 is 29.5 Å². The van der Waals surface area contributed by atoms with Crippen molar-refractivity contribution in [2.24, 2.45) is 28.7 Å². The minimum atomic E-state index is -1.02. The number of amides is 5. The first-order valence-electron chi connectivity index (χ1n) is 19.4. The number of unbranched alkanes of at least 4 members (excludes halogenated alkanes) is 12. The van der Waals surface area contributed by atoms with Crippen LogP contribution in [0.4, 0.5) is 0 Å². The molecule has 5 amide bonds. The molecule has 0 spiro atoms. The zero-order valence-electron chi connectivity index (χ0n) is 31.1. The Labute approximate surface area is 301 Å². The van der Waals surface area contributed by atoms with E-state index in [1.54, 1.807) is 0 Å². The lowest BCUT2D eigenvalue weighted by Gasteiger charge is -2.26. The monoisotopic (exact) mass is 712 g/mol. The molecule has 0 heterocycles. The largest absolute Gasteiger partial charge is 0.368 e. The first-order valence-corrected chi connectivity index (χ1v) is 19.4. The molecule has 14 N–H and O–H groups in total. The molecule has 0 fully saturated rings. The van der Waals surface area contributed by atoms with Gasteiger partial charge in [0.1, 0.15) is 24.2 Å². The molecule has 0 aromatic carbocycles.